The van der Waals surface area contributed by atoms with Gasteiger partial charge in [-0.2, -0.15) is 0 Å². The Kier molecular flexibility index (Phi) is 4.74. The molecule has 0 radical (unpaired) electrons. The molecule has 1 fully saturated rings. The molecule has 0 bridgehead atoms. The third-order valence-electron chi connectivity index (χ3n) is 3.06. The lowest BCUT2D eigenvalue weighted by Gasteiger charge is -2.11. The third-order valence-corrected chi connectivity index (χ3v) is 3.06. The Labute approximate surface area is 103 Å². The predicted molar refractivity (Wildman–Crippen MR) is 68.1 cm³/mol. The van der Waals surface area contributed by atoms with Crippen LogP contribution in [0.25, 0.3) is 0 Å². The fourth-order valence-electron chi connectivity index (χ4n) is 2.15. The third kappa shape index (κ3) is 4.30. The molecule has 94 valence electrons. The summed E-state index contributed by atoms with van der Waals surface area (Å²) < 4.78 is 5.79. The van der Waals surface area contributed by atoms with Gasteiger partial charge in [0, 0.05) is 19.3 Å². The predicted octanol–water partition coefficient (Wildman–Crippen LogP) is 2.55. The van der Waals surface area contributed by atoms with Crippen molar-refractivity contribution in [3.05, 3.63) is 18.1 Å². The first-order valence-corrected chi connectivity index (χ1v) is 6.50. The van der Waals surface area contributed by atoms with Crippen molar-refractivity contribution in [2.24, 2.45) is 0 Å². The molecule has 0 unspecified atom stereocenters. The van der Waals surface area contributed by atoms with Crippen molar-refractivity contribution in [2.75, 3.05) is 18.5 Å². The number of anilines is 1. The Bertz CT molecular complexity index is 337. The lowest BCUT2D eigenvalue weighted by molar-refractivity contribution is 0.0583. The van der Waals surface area contributed by atoms with Gasteiger partial charge in [-0.3, -0.25) is 0 Å². The van der Waals surface area contributed by atoms with Crippen molar-refractivity contribution < 1.29 is 4.74 Å². The number of hydrogen-bond donors (Lipinski definition) is 1. The summed E-state index contributed by atoms with van der Waals surface area (Å²) in [4.78, 5) is 8.35. The zero-order valence-electron chi connectivity index (χ0n) is 10.5. The highest BCUT2D eigenvalue weighted by Gasteiger charge is 2.14. The highest BCUT2D eigenvalue weighted by Crippen LogP contribution is 2.20. The Morgan fingerprint density at radius 1 is 1.41 bits per heavy atom. The van der Waals surface area contributed by atoms with Crippen LogP contribution in [0.4, 0.5) is 5.82 Å². The van der Waals surface area contributed by atoms with E-state index in [1.54, 1.807) is 6.20 Å². The van der Waals surface area contributed by atoms with Crippen molar-refractivity contribution >= 4 is 5.82 Å². The molecule has 1 heterocycles. The van der Waals surface area contributed by atoms with Crippen LogP contribution < -0.4 is 5.32 Å². The number of rotatable bonds is 6. The van der Waals surface area contributed by atoms with Gasteiger partial charge >= 0.3 is 0 Å². The summed E-state index contributed by atoms with van der Waals surface area (Å²) >= 11 is 0. The van der Waals surface area contributed by atoms with Crippen LogP contribution in [0.2, 0.25) is 0 Å². The van der Waals surface area contributed by atoms with Crippen molar-refractivity contribution in [3.63, 3.8) is 0 Å². The average Bonchev–Trinajstić information content (AvgIpc) is 2.82. The zero-order chi connectivity index (χ0) is 11.9. The van der Waals surface area contributed by atoms with E-state index in [4.69, 9.17) is 4.74 Å². The second-order valence-corrected chi connectivity index (χ2v) is 4.55. The van der Waals surface area contributed by atoms with E-state index in [0.717, 1.165) is 31.2 Å². The van der Waals surface area contributed by atoms with Crippen molar-refractivity contribution in [1.82, 2.24) is 9.97 Å². The maximum absolute atomic E-state index is 5.79. The molecule has 0 atom stereocenters. The second-order valence-electron chi connectivity index (χ2n) is 4.55. The standard InChI is InChI=1S/C13H21N3O/c1-11-14-9-7-13(16-11)15-8-4-10-17-12-5-2-3-6-12/h7,9,12H,2-6,8,10H2,1H3,(H,14,15,16). The van der Waals surface area contributed by atoms with Gasteiger partial charge in [0.15, 0.2) is 0 Å². The summed E-state index contributed by atoms with van der Waals surface area (Å²) in [5, 5.41) is 3.28. The summed E-state index contributed by atoms with van der Waals surface area (Å²) in [6, 6.07) is 1.89. The molecular formula is C13H21N3O. The highest BCUT2D eigenvalue weighted by atomic mass is 16.5. The van der Waals surface area contributed by atoms with Crippen LogP contribution in [0.1, 0.15) is 37.9 Å². The molecule has 0 amide bonds. The fraction of sp³-hybridized carbons (Fsp3) is 0.692. The van der Waals surface area contributed by atoms with Gasteiger partial charge in [-0.25, -0.2) is 9.97 Å². The molecule has 1 saturated carbocycles. The highest BCUT2D eigenvalue weighted by molar-refractivity contribution is 5.32. The largest absolute Gasteiger partial charge is 0.378 e. The van der Waals surface area contributed by atoms with E-state index in [2.05, 4.69) is 15.3 Å². The molecule has 0 spiro atoms. The lowest BCUT2D eigenvalue weighted by Crippen LogP contribution is -2.12. The van der Waals surface area contributed by atoms with Gasteiger partial charge in [0.05, 0.1) is 6.10 Å². The smallest absolute Gasteiger partial charge is 0.129 e. The van der Waals surface area contributed by atoms with E-state index in [9.17, 15) is 0 Å². The topological polar surface area (TPSA) is 47.0 Å². The zero-order valence-corrected chi connectivity index (χ0v) is 10.5. The first-order chi connectivity index (χ1) is 8.34. The van der Waals surface area contributed by atoms with Gasteiger partial charge in [0.2, 0.25) is 0 Å². The molecule has 2 rings (SSSR count). The van der Waals surface area contributed by atoms with Crippen LogP contribution >= 0.6 is 0 Å². The van der Waals surface area contributed by atoms with Crippen LogP contribution in [0, 0.1) is 6.92 Å². The number of ether oxygens (including phenoxy) is 1. The minimum atomic E-state index is 0.524. The molecule has 0 saturated heterocycles. The minimum Gasteiger partial charge on any atom is -0.378 e. The number of aromatic nitrogens is 2. The van der Waals surface area contributed by atoms with E-state index >= 15 is 0 Å². The molecule has 17 heavy (non-hydrogen) atoms. The van der Waals surface area contributed by atoms with Crippen LogP contribution in [0.5, 0.6) is 0 Å². The molecule has 4 nitrogen and oxygen atoms in total. The Morgan fingerprint density at radius 3 is 3.00 bits per heavy atom. The van der Waals surface area contributed by atoms with Gasteiger partial charge < -0.3 is 10.1 Å². The molecule has 4 heteroatoms. The van der Waals surface area contributed by atoms with Crippen molar-refractivity contribution in [1.29, 1.82) is 0 Å². The maximum atomic E-state index is 5.79. The van der Waals surface area contributed by atoms with Gasteiger partial charge in [0.25, 0.3) is 0 Å². The summed E-state index contributed by atoms with van der Waals surface area (Å²) in [5.74, 6) is 1.70. The van der Waals surface area contributed by atoms with E-state index < -0.39 is 0 Å². The first kappa shape index (κ1) is 12.3. The molecule has 0 aromatic carbocycles. The lowest BCUT2D eigenvalue weighted by atomic mass is 10.3. The van der Waals surface area contributed by atoms with Gasteiger partial charge in [-0.15, -0.1) is 0 Å². The minimum absolute atomic E-state index is 0.524. The maximum Gasteiger partial charge on any atom is 0.129 e. The molecular weight excluding hydrogens is 214 g/mol. The summed E-state index contributed by atoms with van der Waals surface area (Å²) in [5.41, 5.74) is 0. The monoisotopic (exact) mass is 235 g/mol. The van der Waals surface area contributed by atoms with Crippen LogP contribution in [-0.2, 0) is 4.74 Å². The first-order valence-electron chi connectivity index (χ1n) is 6.50. The van der Waals surface area contributed by atoms with Crippen LogP contribution in [-0.4, -0.2) is 29.2 Å². The Hall–Kier alpha value is -1.16. The number of nitrogens with zero attached hydrogens (tertiary/aromatic N) is 2. The molecule has 1 aliphatic rings. The van der Waals surface area contributed by atoms with E-state index in [0.29, 0.717) is 6.10 Å². The Morgan fingerprint density at radius 2 is 2.24 bits per heavy atom. The summed E-state index contributed by atoms with van der Waals surface area (Å²) in [6.07, 6.45) is 8.50. The van der Waals surface area contributed by atoms with Gasteiger partial charge in [-0.05, 0) is 32.3 Å². The number of aryl methyl sites for hydroxylation is 1. The molecule has 0 aliphatic heterocycles. The van der Waals surface area contributed by atoms with Crippen molar-refractivity contribution in [3.8, 4) is 0 Å². The second kappa shape index (κ2) is 6.55. The molecule has 1 N–H and O–H groups in total. The van der Waals surface area contributed by atoms with Gasteiger partial charge in [0.1, 0.15) is 11.6 Å². The van der Waals surface area contributed by atoms with Crippen molar-refractivity contribution in [2.45, 2.75) is 45.1 Å². The molecule has 1 aromatic heterocycles. The summed E-state index contributed by atoms with van der Waals surface area (Å²) in [7, 11) is 0. The Balaban J connectivity index is 1.56. The molecule has 1 aliphatic carbocycles. The normalized spacial score (nSPS) is 16.3. The van der Waals surface area contributed by atoms with E-state index in [1.807, 2.05) is 13.0 Å². The molecule has 1 aromatic rings. The van der Waals surface area contributed by atoms with E-state index in [-0.39, 0.29) is 0 Å². The SMILES string of the molecule is Cc1nccc(NCCCOC2CCCC2)n1. The number of hydrogen-bond acceptors (Lipinski definition) is 4. The average molecular weight is 235 g/mol. The summed E-state index contributed by atoms with van der Waals surface area (Å²) in [6.45, 7) is 3.65. The number of nitrogens with one attached hydrogen (secondary N) is 1. The van der Waals surface area contributed by atoms with Gasteiger partial charge in [-0.1, -0.05) is 12.8 Å². The fourth-order valence-corrected chi connectivity index (χ4v) is 2.15. The quantitative estimate of drug-likeness (QED) is 0.770. The van der Waals surface area contributed by atoms with E-state index in [1.165, 1.54) is 25.7 Å². The van der Waals surface area contributed by atoms with Crippen LogP contribution in [0.3, 0.4) is 0 Å². The van der Waals surface area contributed by atoms with Crippen LogP contribution in [0.15, 0.2) is 12.3 Å².